The van der Waals surface area contributed by atoms with Gasteiger partial charge in [-0.3, -0.25) is 4.79 Å². The van der Waals surface area contributed by atoms with E-state index in [0.717, 1.165) is 13.0 Å². The molecule has 2 unspecified atom stereocenters. The predicted molar refractivity (Wildman–Crippen MR) is 106 cm³/mol. The number of fused-ring (bicyclic) bond motifs is 1. The molecule has 7 atom stereocenters. The van der Waals surface area contributed by atoms with E-state index >= 15 is 0 Å². The molecule has 0 aromatic rings. The van der Waals surface area contributed by atoms with Crippen molar-refractivity contribution in [3.8, 4) is 0 Å². The van der Waals surface area contributed by atoms with Crippen LogP contribution in [0.1, 0.15) is 58.8 Å². The third-order valence-corrected chi connectivity index (χ3v) is 6.49. The molecule has 0 bridgehead atoms. The average Bonchev–Trinajstić information content (AvgIpc) is 3.14. The number of alkyl halides is 4. The summed E-state index contributed by atoms with van der Waals surface area (Å²) in [6.07, 6.45) is -4.42. The van der Waals surface area contributed by atoms with Crippen LogP contribution in [0.2, 0.25) is 0 Å². The Morgan fingerprint density at radius 3 is 2.58 bits per heavy atom. The Balaban J connectivity index is 2.11. The lowest BCUT2D eigenvalue weighted by Gasteiger charge is -2.35. The number of carbonyl (C=O) groups is 1. The number of carboxylic acid groups (broad SMARTS) is 1. The molecule has 0 amide bonds. The van der Waals surface area contributed by atoms with Gasteiger partial charge < -0.3 is 20.1 Å². The van der Waals surface area contributed by atoms with Crippen molar-refractivity contribution in [3.63, 3.8) is 0 Å². The zero-order chi connectivity index (χ0) is 23.4. The summed E-state index contributed by atoms with van der Waals surface area (Å²) in [5, 5.41) is 29.3. The first-order valence-corrected chi connectivity index (χ1v) is 10.8. The van der Waals surface area contributed by atoms with E-state index in [4.69, 9.17) is 9.84 Å². The van der Waals surface area contributed by atoms with Crippen LogP contribution in [0.25, 0.3) is 0 Å². The van der Waals surface area contributed by atoms with Gasteiger partial charge in [-0.2, -0.15) is 13.2 Å². The number of aliphatic carboxylic acids is 1. The van der Waals surface area contributed by atoms with Crippen molar-refractivity contribution in [1.82, 2.24) is 0 Å². The largest absolute Gasteiger partial charge is 0.491 e. The maximum absolute atomic E-state index is 15.0. The molecule has 5 nitrogen and oxygen atoms in total. The molecular weight excluding hydrogens is 420 g/mol. The third kappa shape index (κ3) is 5.80. The number of ether oxygens (including phenoxy) is 1. The van der Waals surface area contributed by atoms with Crippen molar-refractivity contribution >= 4 is 5.97 Å². The van der Waals surface area contributed by atoms with Crippen LogP contribution < -0.4 is 0 Å². The first kappa shape index (κ1) is 25.6. The van der Waals surface area contributed by atoms with Gasteiger partial charge in [0, 0.05) is 24.7 Å². The molecule has 3 N–H and O–H groups in total. The predicted octanol–water partition coefficient (Wildman–Crippen LogP) is 4.54. The van der Waals surface area contributed by atoms with E-state index in [1.807, 2.05) is 0 Å². The van der Waals surface area contributed by atoms with E-state index in [-0.39, 0.29) is 25.0 Å². The van der Waals surface area contributed by atoms with Gasteiger partial charge in [0.1, 0.15) is 11.9 Å². The standard InChI is InChI=1S/C22H32F4O5/c1-3-4-11-21(2,22(24,25)26)17(28)10-9-13-14(27)12-16-19(13)20(23)15(31-16)7-5-6-8-18(29)30/h7,9-10,13-14,16-17,19-20,27-28H,3-6,8,11-12H2,1-2H3,(H,29,30)/b10-9+,15-7-/t13-,14+,16-,17+,19+,20?,21?/m0/s1. The van der Waals surface area contributed by atoms with Crippen LogP contribution in [0.4, 0.5) is 17.6 Å². The number of hydrogen-bond acceptors (Lipinski definition) is 4. The van der Waals surface area contributed by atoms with Crippen LogP contribution in [0.15, 0.2) is 24.0 Å². The van der Waals surface area contributed by atoms with Crippen molar-refractivity contribution < 1.29 is 42.4 Å². The summed E-state index contributed by atoms with van der Waals surface area (Å²) in [5.74, 6) is -2.43. The quantitative estimate of drug-likeness (QED) is 0.258. The van der Waals surface area contributed by atoms with Gasteiger partial charge in [0.25, 0.3) is 0 Å². The Morgan fingerprint density at radius 2 is 2.00 bits per heavy atom. The average molecular weight is 452 g/mol. The lowest BCUT2D eigenvalue weighted by atomic mass is 9.77. The molecular formula is C22H32F4O5. The Bertz CT molecular complexity index is 677. The highest BCUT2D eigenvalue weighted by Gasteiger charge is 2.56. The summed E-state index contributed by atoms with van der Waals surface area (Å²) < 4.78 is 61.4. The minimum absolute atomic E-state index is 0.0500. The number of carboxylic acids is 1. The zero-order valence-corrected chi connectivity index (χ0v) is 17.8. The first-order valence-electron chi connectivity index (χ1n) is 10.8. The normalized spacial score (nSPS) is 32.8. The topological polar surface area (TPSA) is 87.0 Å². The fourth-order valence-corrected chi connectivity index (χ4v) is 4.36. The lowest BCUT2D eigenvalue weighted by Crippen LogP contribution is -2.44. The Morgan fingerprint density at radius 1 is 1.32 bits per heavy atom. The highest BCUT2D eigenvalue weighted by Crippen LogP contribution is 2.48. The van der Waals surface area contributed by atoms with E-state index in [1.54, 1.807) is 6.92 Å². The number of unbranched alkanes of at least 4 members (excludes halogenated alkanes) is 2. The Labute approximate surface area is 179 Å². The number of halogens is 4. The van der Waals surface area contributed by atoms with Gasteiger partial charge in [0.15, 0.2) is 6.17 Å². The molecule has 0 radical (unpaired) electrons. The monoisotopic (exact) mass is 452 g/mol. The van der Waals surface area contributed by atoms with Crippen LogP contribution in [-0.4, -0.2) is 51.9 Å². The maximum atomic E-state index is 15.0. The summed E-state index contributed by atoms with van der Waals surface area (Å²) in [7, 11) is 0. The molecule has 2 rings (SSSR count). The second kappa shape index (κ2) is 10.3. The fourth-order valence-electron chi connectivity index (χ4n) is 4.36. The highest BCUT2D eigenvalue weighted by atomic mass is 19.4. The van der Waals surface area contributed by atoms with Crippen LogP contribution in [0, 0.1) is 17.3 Å². The third-order valence-electron chi connectivity index (χ3n) is 6.49. The van der Waals surface area contributed by atoms with Gasteiger partial charge in [-0.25, -0.2) is 4.39 Å². The molecule has 0 spiro atoms. The SMILES string of the molecule is CCCCC(C)([C@H](O)/C=C/[C@@H]1[C@H]2C(F)/C(=C/CCCC(=O)O)O[C@H]2C[C@H]1O)C(F)(F)F. The van der Waals surface area contributed by atoms with E-state index in [1.165, 1.54) is 12.2 Å². The van der Waals surface area contributed by atoms with Gasteiger partial charge >= 0.3 is 12.1 Å². The molecule has 178 valence electrons. The van der Waals surface area contributed by atoms with E-state index in [9.17, 15) is 32.6 Å². The Kier molecular flexibility index (Phi) is 8.55. The van der Waals surface area contributed by atoms with Crippen LogP contribution in [0.5, 0.6) is 0 Å². The molecule has 0 aromatic carbocycles. The van der Waals surface area contributed by atoms with Crippen LogP contribution >= 0.6 is 0 Å². The van der Waals surface area contributed by atoms with Crippen molar-refractivity contribution in [2.45, 2.75) is 89.5 Å². The van der Waals surface area contributed by atoms with Gasteiger partial charge in [-0.05, 0) is 32.3 Å². The van der Waals surface area contributed by atoms with Gasteiger partial charge in [0.05, 0.1) is 17.6 Å². The number of rotatable bonds is 10. The highest BCUT2D eigenvalue weighted by molar-refractivity contribution is 5.66. The van der Waals surface area contributed by atoms with Gasteiger partial charge in [-0.1, -0.05) is 31.9 Å². The Hall–Kier alpha value is -1.61. The molecule has 2 aliphatic rings. The lowest BCUT2D eigenvalue weighted by molar-refractivity contribution is -0.244. The minimum atomic E-state index is -4.62. The number of hydrogen-bond donors (Lipinski definition) is 3. The zero-order valence-electron chi connectivity index (χ0n) is 17.8. The molecule has 0 aromatic heterocycles. The second-order valence-corrected chi connectivity index (χ2v) is 8.76. The van der Waals surface area contributed by atoms with Crippen LogP contribution in [-0.2, 0) is 9.53 Å². The molecule has 31 heavy (non-hydrogen) atoms. The molecule has 1 aliphatic heterocycles. The number of allylic oxidation sites excluding steroid dienone is 2. The van der Waals surface area contributed by atoms with Crippen molar-refractivity contribution in [2.24, 2.45) is 17.3 Å². The van der Waals surface area contributed by atoms with Crippen molar-refractivity contribution in [3.05, 3.63) is 24.0 Å². The fraction of sp³-hybridized carbons (Fsp3) is 0.773. The van der Waals surface area contributed by atoms with Crippen molar-refractivity contribution in [2.75, 3.05) is 0 Å². The maximum Gasteiger partial charge on any atom is 0.397 e. The first-order chi connectivity index (χ1) is 14.4. The van der Waals surface area contributed by atoms with E-state index in [2.05, 4.69) is 0 Å². The summed E-state index contributed by atoms with van der Waals surface area (Å²) >= 11 is 0. The van der Waals surface area contributed by atoms with Gasteiger partial charge in [-0.15, -0.1) is 0 Å². The summed E-state index contributed by atoms with van der Waals surface area (Å²) in [6.45, 7) is 2.74. The van der Waals surface area contributed by atoms with Crippen molar-refractivity contribution in [1.29, 1.82) is 0 Å². The van der Waals surface area contributed by atoms with E-state index in [0.29, 0.717) is 25.7 Å². The summed E-state index contributed by atoms with van der Waals surface area (Å²) in [5.41, 5.74) is -2.33. The molecule has 1 saturated heterocycles. The number of aliphatic hydroxyl groups is 2. The molecule has 2 fully saturated rings. The molecule has 9 heteroatoms. The molecule has 1 aliphatic carbocycles. The van der Waals surface area contributed by atoms with E-state index < -0.39 is 53.9 Å². The molecule has 1 heterocycles. The van der Waals surface area contributed by atoms with Gasteiger partial charge in [0.2, 0.25) is 0 Å². The second-order valence-electron chi connectivity index (χ2n) is 8.76. The minimum Gasteiger partial charge on any atom is -0.491 e. The molecule has 1 saturated carbocycles. The number of aliphatic hydroxyl groups excluding tert-OH is 2. The summed E-state index contributed by atoms with van der Waals surface area (Å²) in [4.78, 5) is 10.6. The summed E-state index contributed by atoms with van der Waals surface area (Å²) in [6, 6.07) is 0. The van der Waals surface area contributed by atoms with Crippen LogP contribution in [0.3, 0.4) is 0 Å². The smallest absolute Gasteiger partial charge is 0.397 e.